The second-order valence-electron chi connectivity index (χ2n) is 4.96. The lowest BCUT2D eigenvalue weighted by Gasteiger charge is -2.31. The van der Waals surface area contributed by atoms with E-state index in [1.807, 2.05) is 13.8 Å². The molecule has 0 aromatic rings. The number of nitrogens with one attached hydrogen (secondary N) is 1. The van der Waals surface area contributed by atoms with E-state index >= 15 is 0 Å². The fourth-order valence-electron chi connectivity index (χ4n) is 1.90. The standard InChI is InChI=1S/C14H29NO2/c1-6-9-10-11-14(5,13(16)17-8-3)15-12(4)7-2/h12,15H,6-11H2,1-5H3. The number of esters is 1. The molecule has 0 amide bonds. The Labute approximate surface area is 106 Å². The highest BCUT2D eigenvalue weighted by Gasteiger charge is 2.34. The van der Waals surface area contributed by atoms with Crippen LogP contribution in [-0.2, 0) is 9.53 Å². The van der Waals surface area contributed by atoms with E-state index < -0.39 is 5.54 Å². The Morgan fingerprint density at radius 2 is 1.94 bits per heavy atom. The molecule has 2 atom stereocenters. The maximum atomic E-state index is 12.0. The first kappa shape index (κ1) is 16.4. The fraction of sp³-hybridized carbons (Fsp3) is 0.929. The first-order chi connectivity index (χ1) is 8.00. The predicted molar refractivity (Wildman–Crippen MR) is 72.1 cm³/mol. The summed E-state index contributed by atoms with van der Waals surface area (Å²) in [5, 5.41) is 3.41. The third-order valence-corrected chi connectivity index (χ3v) is 3.18. The van der Waals surface area contributed by atoms with Crippen LogP contribution < -0.4 is 5.32 Å². The van der Waals surface area contributed by atoms with Crippen molar-refractivity contribution in [3.05, 3.63) is 0 Å². The maximum Gasteiger partial charge on any atom is 0.326 e. The van der Waals surface area contributed by atoms with Gasteiger partial charge in [-0.1, -0.05) is 33.1 Å². The van der Waals surface area contributed by atoms with Crippen molar-refractivity contribution >= 4 is 5.97 Å². The summed E-state index contributed by atoms with van der Waals surface area (Å²) < 4.78 is 5.18. The van der Waals surface area contributed by atoms with Crippen LogP contribution in [0.4, 0.5) is 0 Å². The summed E-state index contributed by atoms with van der Waals surface area (Å²) in [6, 6.07) is 0.339. The zero-order valence-corrected chi connectivity index (χ0v) is 12.1. The van der Waals surface area contributed by atoms with E-state index in [1.54, 1.807) is 0 Å². The Morgan fingerprint density at radius 3 is 2.41 bits per heavy atom. The monoisotopic (exact) mass is 243 g/mol. The van der Waals surface area contributed by atoms with Gasteiger partial charge in [0.1, 0.15) is 5.54 Å². The molecule has 1 N–H and O–H groups in total. The molecule has 0 saturated heterocycles. The number of hydrogen-bond acceptors (Lipinski definition) is 3. The van der Waals surface area contributed by atoms with Gasteiger partial charge in [0, 0.05) is 6.04 Å². The molecule has 0 heterocycles. The largest absolute Gasteiger partial charge is 0.465 e. The number of rotatable bonds is 9. The van der Waals surface area contributed by atoms with E-state index in [2.05, 4.69) is 26.1 Å². The zero-order valence-electron chi connectivity index (χ0n) is 12.1. The molecule has 0 aromatic heterocycles. The van der Waals surface area contributed by atoms with Crippen molar-refractivity contribution in [2.45, 2.75) is 78.3 Å². The average molecular weight is 243 g/mol. The van der Waals surface area contributed by atoms with E-state index in [0.29, 0.717) is 12.6 Å². The van der Waals surface area contributed by atoms with Crippen molar-refractivity contribution in [3.63, 3.8) is 0 Å². The van der Waals surface area contributed by atoms with Crippen LogP contribution in [-0.4, -0.2) is 24.2 Å². The summed E-state index contributed by atoms with van der Waals surface area (Å²) in [4.78, 5) is 12.0. The minimum atomic E-state index is -0.527. The number of unbranched alkanes of at least 4 members (excludes halogenated alkanes) is 2. The van der Waals surface area contributed by atoms with Crippen molar-refractivity contribution in [2.75, 3.05) is 6.61 Å². The quantitative estimate of drug-likeness (QED) is 0.499. The fourth-order valence-corrected chi connectivity index (χ4v) is 1.90. The van der Waals surface area contributed by atoms with Crippen molar-refractivity contribution in [1.82, 2.24) is 5.32 Å². The van der Waals surface area contributed by atoms with Crippen molar-refractivity contribution in [2.24, 2.45) is 0 Å². The second-order valence-corrected chi connectivity index (χ2v) is 4.96. The summed E-state index contributed by atoms with van der Waals surface area (Å²) in [6.45, 7) is 10.7. The second kappa shape index (κ2) is 8.51. The molecule has 0 fully saturated rings. The number of carbonyl (C=O) groups excluding carboxylic acids is 1. The van der Waals surface area contributed by atoms with Crippen LogP contribution in [0.25, 0.3) is 0 Å². The Bertz CT molecular complexity index is 218. The van der Waals surface area contributed by atoms with Crippen molar-refractivity contribution < 1.29 is 9.53 Å². The van der Waals surface area contributed by atoms with Gasteiger partial charge >= 0.3 is 5.97 Å². The van der Waals surface area contributed by atoms with Crippen LogP contribution in [0.5, 0.6) is 0 Å². The van der Waals surface area contributed by atoms with Crippen LogP contribution in [0.15, 0.2) is 0 Å². The van der Waals surface area contributed by atoms with Crippen LogP contribution in [0.3, 0.4) is 0 Å². The zero-order chi connectivity index (χ0) is 13.3. The molecule has 0 saturated carbocycles. The van der Waals surface area contributed by atoms with Crippen LogP contribution in [0.2, 0.25) is 0 Å². The normalized spacial score (nSPS) is 16.3. The van der Waals surface area contributed by atoms with Gasteiger partial charge in [0.05, 0.1) is 6.61 Å². The van der Waals surface area contributed by atoms with E-state index in [0.717, 1.165) is 25.7 Å². The van der Waals surface area contributed by atoms with Gasteiger partial charge in [-0.2, -0.15) is 0 Å². The Hall–Kier alpha value is -0.570. The van der Waals surface area contributed by atoms with Gasteiger partial charge in [-0.05, 0) is 33.6 Å². The third kappa shape index (κ3) is 6.06. The molecule has 0 aromatic carbocycles. The van der Waals surface area contributed by atoms with E-state index in [-0.39, 0.29) is 5.97 Å². The van der Waals surface area contributed by atoms with Crippen molar-refractivity contribution in [1.29, 1.82) is 0 Å². The van der Waals surface area contributed by atoms with Crippen LogP contribution in [0, 0.1) is 0 Å². The molecule has 0 bridgehead atoms. The smallest absolute Gasteiger partial charge is 0.326 e. The highest BCUT2D eigenvalue weighted by molar-refractivity contribution is 5.80. The van der Waals surface area contributed by atoms with Gasteiger partial charge in [-0.25, -0.2) is 0 Å². The maximum absolute atomic E-state index is 12.0. The summed E-state index contributed by atoms with van der Waals surface area (Å²) in [5.41, 5.74) is -0.527. The Morgan fingerprint density at radius 1 is 1.29 bits per heavy atom. The third-order valence-electron chi connectivity index (χ3n) is 3.18. The minimum Gasteiger partial charge on any atom is -0.465 e. The highest BCUT2D eigenvalue weighted by Crippen LogP contribution is 2.18. The van der Waals surface area contributed by atoms with Gasteiger partial charge in [0.15, 0.2) is 0 Å². The molecule has 3 heteroatoms. The Kier molecular flexibility index (Phi) is 8.23. The number of hydrogen-bond donors (Lipinski definition) is 1. The molecule has 2 unspecified atom stereocenters. The molecule has 17 heavy (non-hydrogen) atoms. The highest BCUT2D eigenvalue weighted by atomic mass is 16.5. The summed E-state index contributed by atoms with van der Waals surface area (Å²) in [5.74, 6) is -0.114. The minimum absolute atomic E-state index is 0.114. The predicted octanol–water partition coefficient (Wildman–Crippen LogP) is 3.28. The molecular formula is C14H29NO2. The lowest BCUT2D eigenvalue weighted by atomic mass is 9.93. The SMILES string of the molecule is CCCCCC(C)(NC(C)CC)C(=O)OCC. The van der Waals surface area contributed by atoms with Crippen molar-refractivity contribution in [3.8, 4) is 0 Å². The molecule has 0 rings (SSSR count). The van der Waals surface area contributed by atoms with Crippen LogP contribution in [0.1, 0.15) is 66.7 Å². The topological polar surface area (TPSA) is 38.3 Å². The van der Waals surface area contributed by atoms with Gasteiger partial charge in [-0.15, -0.1) is 0 Å². The van der Waals surface area contributed by atoms with Gasteiger partial charge in [-0.3, -0.25) is 10.1 Å². The van der Waals surface area contributed by atoms with E-state index in [4.69, 9.17) is 4.74 Å². The Balaban J connectivity index is 4.49. The summed E-state index contributed by atoms with van der Waals surface area (Å²) in [6.07, 6.45) is 5.27. The van der Waals surface area contributed by atoms with Gasteiger partial charge in [0.25, 0.3) is 0 Å². The molecule has 3 nitrogen and oxygen atoms in total. The number of carbonyl (C=O) groups is 1. The molecule has 102 valence electrons. The molecule has 0 aliphatic rings. The molecule has 0 aliphatic heterocycles. The van der Waals surface area contributed by atoms with Gasteiger partial charge < -0.3 is 4.74 Å². The molecule has 0 spiro atoms. The van der Waals surface area contributed by atoms with Gasteiger partial charge in [0.2, 0.25) is 0 Å². The number of ether oxygens (including phenoxy) is 1. The average Bonchev–Trinajstić information content (AvgIpc) is 2.29. The molecular weight excluding hydrogens is 214 g/mol. The lowest BCUT2D eigenvalue weighted by molar-refractivity contribution is -0.151. The van der Waals surface area contributed by atoms with Crippen LogP contribution >= 0.6 is 0 Å². The molecule has 0 radical (unpaired) electrons. The first-order valence-corrected chi connectivity index (χ1v) is 6.95. The van der Waals surface area contributed by atoms with E-state index in [9.17, 15) is 4.79 Å². The summed E-state index contributed by atoms with van der Waals surface area (Å²) >= 11 is 0. The first-order valence-electron chi connectivity index (χ1n) is 6.95. The summed E-state index contributed by atoms with van der Waals surface area (Å²) in [7, 11) is 0. The lowest BCUT2D eigenvalue weighted by Crippen LogP contribution is -2.53. The van der Waals surface area contributed by atoms with E-state index in [1.165, 1.54) is 6.42 Å². The molecule has 0 aliphatic carbocycles.